The number of fused-ring (bicyclic) bond motifs is 3. The van der Waals surface area contributed by atoms with Gasteiger partial charge in [-0.3, -0.25) is 0 Å². The summed E-state index contributed by atoms with van der Waals surface area (Å²) in [5.74, 6) is 0. The van der Waals surface area contributed by atoms with Crippen molar-refractivity contribution in [3.8, 4) is 0 Å². The van der Waals surface area contributed by atoms with Crippen LogP contribution in [0.3, 0.4) is 0 Å². The molecule has 1 unspecified atom stereocenters. The zero-order chi connectivity index (χ0) is 14.0. The highest BCUT2D eigenvalue weighted by Crippen LogP contribution is 2.43. The predicted molar refractivity (Wildman–Crippen MR) is 84.5 cm³/mol. The molecule has 0 spiro atoms. The Morgan fingerprint density at radius 3 is 2.75 bits per heavy atom. The Morgan fingerprint density at radius 2 is 1.90 bits per heavy atom. The van der Waals surface area contributed by atoms with E-state index in [-0.39, 0.29) is 5.54 Å². The molecule has 2 heteroatoms. The van der Waals surface area contributed by atoms with Crippen molar-refractivity contribution >= 4 is 6.08 Å². The minimum Gasteiger partial charge on any atom is -0.399 e. The van der Waals surface area contributed by atoms with Crippen LogP contribution in [0.4, 0.5) is 0 Å². The molecule has 2 heterocycles. The molecule has 2 nitrogen and oxygen atoms in total. The maximum Gasteiger partial charge on any atom is 0.0902 e. The molecule has 0 amide bonds. The third-order valence-corrected chi connectivity index (χ3v) is 4.30. The zero-order valence-electron chi connectivity index (χ0n) is 12.0. The molecule has 104 valence electrons. The van der Waals surface area contributed by atoms with Gasteiger partial charge in [0.15, 0.2) is 0 Å². The highest BCUT2D eigenvalue weighted by Gasteiger charge is 2.38. The van der Waals surface area contributed by atoms with Gasteiger partial charge < -0.3 is 10.6 Å². The molecule has 0 bridgehead atoms. The van der Waals surface area contributed by atoms with Crippen LogP contribution in [0.2, 0.25) is 0 Å². The van der Waals surface area contributed by atoms with Crippen molar-refractivity contribution in [2.24, 2.45) is 5.73 Å². The fraction of sp³-hybridized carbons (Fsp3) is 0.333. The number of benzene rings is 1. The lowest BCUT2D eigenvalue weighted by molar-refractivity contribution is 0.236. The lowest BCUT2D eigenvalue weighted by atomic mass is 9.77. The highest BCUT2D eigenvalue weighted by atomic mass is 15.2. The van der Waals surface area contributed by atoms with Crippen LogP contribution in [0.5, 0.6) is 0 Å². The fourth-order valence-corrected chi connectivity index (χ4v) is 3.27. The molecule has 0 saturated heterocycles. The molecule has 20 heavy (non-hydrogen) atoms. The number of nitrogens with zero attached hydrogens (tertiary/aromatic N) is 1. The van der Waals surface area contributed by atoms with Crippen molar-refractivity contribution in [1.29, 1.82) is 0 Å². The Kier molecular flexibility index (Phi) is 3.39. The van der Waals surface area contributed by atoms with E-state index in [1.54, 1.807) is 0 Å². The number of rotatable bonds is 4. The topological polar surface area (TPSA) is 29.3 Å². The average molecular weight is 266 g/mol. The third kappa shape index (κ3) is 2.05. The molecular formula is C18H22N2. The smallest absolute Gasteiger partial charge is 0.0902 e. The molecular weight excluding hydrogens is 244 g/mol. The van der Waals surface area contributed by atoms with E-state index >= 15 is 0 Å². The minimum atomic E-state index is -0.0979. The summed E-state index contributed by atoms with van der Waals surface area (Å²) in [6.45, 7) is 2.25. The molecule has 3 rings (SSSR count). The first kappa shape index (κ1) is 13.0. The Bertz CT molecular complexity index is 583. The maximum absolute atomic E-state index is 6.11. The summed E-state index contributed by atoms with van der Waals surface area (Å²) in [7, 11) is 0. The summed E-state index contributed by atoms with van der Waals surface area (Å²) in [4.78, 5) is 2.31. The summed E-state index contributed by atoms with van der Waals surface area (Å²) < 4.78 is 0. The van der Waals surface area contributed by atoms with Crippen LogP contribution in [-0.2, 0) is 5.54 Å². The van der Waals surface area contributed by atoms with Gasteiger partial charge in [-0.15, -0.1) is 0 Å². The van der Waals surface area contributed by atoms with Crippen LogP contribution in [0.1, 0.15) is 43.7 Å². The van der Waals surface area contributed by atoms with E-state index in [1.165, 1.54) is 30.4 Å². The van der Waals surface area contributed by atoms with Gasteiger partial charge in [0.25, 0.3) is 0 Å². The second-order valence-corrected chi connectivity index (χ2v) is 5.65. The van der Waals surface area contributed by atoms with Crippen LogP contribution in [-0.4, -0.2) is 4.90 Å². The minimum absolute atomic E-state index is 0.0979. The van der Waals surface area contributed by atoms with Crippen molar-refractivity contribution in [2.75, 3.05) is 0 Å². The number of nitrogens with two attached hydrogens (primary N) is 1. The third-order valence-electron chi connectivity index (χ3n) is 4.30. The van der Waals surface area contributed by atoms with Gasteiger partial charge >= 0.3 is 0 Å². The SMILES string of the molecule is CCCCCC12C=C(N)C=CN1C=Cc1ccccc12. The van der Waals surface area contributed by atoms with Crippen molar-refractivity contribution in [3.63, 3.8) is 0 Å². The first-order valence-electron chi connectivity index (χ1n) is 7.49. The van der Waals surface area contributed by atoms with Gasteiger partial charge in [-0.05, 0) is 35.8 Å². The Morgan fingerprint density at radius 1 is 1.10 bits per heavy atom. The van der Waals surface area contributed by atoms with Gasteiger partial charge in [0.1, 0.15) is 0 Å². The van der Waals surface area contributed by atoms with Crippen LogP contribution >= 0.6 is 0 Å². The molecule has 2 aliphatic heterocycles. The lowest BCUT2D eigenvalue weighted by Crippen LogP contribution is -2.42. The van der Waals surface area contributed by atoms with Gasteiger partial charge in [-0.25, -0.2) is 0 Å². The van der Waals surface area contributed by atoms with Crippen molar-refractivity contribution in [3.05, 3.63) is 65.6 Å². The fourth-order valence-electron chi connectivity index (χ4n) is 3.27. The lowest BCUT2D eigenvalue weighted by Gasteiger charge is -2.45. The molecule has 0 saturated carbocycles. The van der Waals surface area contributed by atoms with E-state index in [9.17, 15) is 0 Å². The molecule has 0 radical (unpaired) electrons. The average Bonchev–Trinajstić information content (AvgIpc) is 2.47. The normalized spacial score (nSPS) is 23.2. The van der Waals surface area contributed by atoms with Crippen LogP contribution < -0.4 is 5.73 Å². The molecule has 1 aromatic rings. The van der Waals surface area contributed by atoms with Gasteiger partial charge in [-0.1, -0.05) is 50.5 Å². The monoisotopic (exact) mass is 266 g/mol. The van der Waals surface area contributed by atoms with Gasteiger partial charge in [0.05, 0.1) is 5.54 Å². The van der Waals surface area contributed by atoms with Crippen LogP contribution in [0, 0.1) is 0 Å². The van der Waals surface area contributed by atoms with Crippen LogP contribution in [0.15, 0.2) is 54.5 Å². The Balaban J connectivity index is 2.06. The molecule has 0 aromatic heterocycles. The first-order chi connectivity index (χ1) is 9.76. The highest BCUT2D eigenvalue weighted by molar-refractivity contribution is 5.61. The van der Waals surface area contributed by atoms with E-state index in [0.29, 0.717) is 0 Å². The maximum atomic E-state index is 6.11. The number of allylic oxidation sites excluding steroid dienone is 1. The van der Waals surface area contributed by atoms with Gasteiger partial charge in [0, 0.05) is 18.1 Å². The molecule has 1 aromatic carbocycles. The van der Waals surface area contributed by atoms with Gasteiger partial charge in [-0.2, -0.15) is 0 Å². The number of hydrogen-bond donors (Lipinski definition) is 1. The standard InChI is InChI=1S/C18H22N2/c1-2-3-6-11-18-14-16(19)10-13-20(18)12-9-15-7-4-5-8-17(15)18/h4-5,7-10,12-14H,2-3,6,11,19H2,1H3. The largest absolute Gasteiger partial charge is 0.399 e. The molecule has 2 aliphatic rings. The summed E-state index contributed by atoms with van der Waals surface area (Å²) in [6, 6.07) is 8.65. The van der Waals surface area contributed by atoms with E-state index < -0.39 is 0 Å². The van der Waals surface area contributed by atoms with Crippen molar-refractivity contribution in [2.45, 2.75) is 38.1 Å². The molecule has 0 aliphatic carbocycles. The molecule has 1 atom stereocenters. The Labute approximate surface area is 121 Å². The second-order valence-electron chi connectivity index (χ2n) is 5.65. The van der Waals surface area contributed by atoms with Gasteiger partial charge in [0.2, 0.25) is 0 Å². The number of hydrogen-bond acceptors (Lipinski definition) is 2. The first-order valence-corrected chi connectivity index (χ1v) is 7.49. The van der Waals surface area contributed by atoms with Crippen molar-refractivity contribution in [1.82, 2.24) is 4.90 Å². The summed E-state index contributed by atoms with van der Waals surface area (Å²) >= 11 is 0. The Hall–Kier alpha value is -1.96. The van der Waals surface area contributed by atoms with Crippen LogP contribution in [0.25, 0.3) is 6.08 Å². The quantitative estimate of drug-likeness (QED) is 0.831. The van der Waals surface area contributed by atoms with E-state index in [0.717, 1.165) is 12.1 Å². The molecule has 0 fully saturated rings. The van der Waals surface area contributed by atoms with E-state index in [1.807, 2.05) is 6.08 Å². The number of unbranched alkanes of at least 4 members (excludes halogenated alkanes) is 2. The van der Waals surface area contributed by atoms with E-state index in [2.05, 4.69) is 60.6 Å². The summed E-state index contributed by atoms with van der Waals surface area (Å²) in [6.07, 6.45) is 15.5. The second kappa shape index (κ2) is 5.20. The predicted octanol–water partition coefficient (Wildman–Crippen LogP) is 4.12. The van der Waals surface area contributed by atoms with E-state index in [4.69, 9.17) is 5.73 Å². The van der Waals surface area contributed by atoms with Crippen molar-refractivity contribution < 1.29 is 0 Å². The molecule has 2 N–H and O–H groups in total. The summed E-state index contributed by atoms with van der Waals surface area (Å²) in [5.41, 5.74) is 9.55. The summed E-state index contributed by atoms with van der Waals surface area (Å²) in [5, 5.41) is 0. The zero-order valence-corrected chi connectivity index (χ0v) is 12.0.